The quantitative estimate of drug-likeness (QED) is 0.930. The van der Waals surface area contributed by atoms with Gasteiger partial charge in [0.2, 0.25) is 11.8 Å². The minimum atomic E-state index is -0.592. The molecule has 1 saturated heterocycles. The van der Waals surface area contributed by atoms with Crippen LogP contribution in [-0.2, 0) is 9.59 Å². The largest absolute Gasteiger partial charge is 0.344 e. The van der Waals surface area contributed by atoms with Gasteiger partial charge < -0.3 is 10.2 Å². The summed E-state index contributed by atoms with van der Waals surface area (Å²) in [5.74, 6) is -0.821. The lowest BCUT2D eigenvalue weighted by Crippen LogP contribution is -2.48. The molecule has 4 nitrogen and oxygen atoms in total. The van der Waals surface area contributed by atoms with E-state index in [-0.39, 0.29) is 36.4 Å². The van der Waals surface area contributed by atoms with Crippen molar-refractivity contribution in [2.75, 3.05) is 11.4 Å². The molecule has 1 aliphatic heterocycles. The molecule has 2 unspecified atom stereocenters. The second-order valence-corrected chi connectivity index (χ2v) is 5.63. The number of nitrogens with one attached hydrogen (secondary N) is 1. The number of aryl methyl sites for hydroxylation is 1. The van der Waals surface area contributed by atoms with Gasteiger partial charge in [0, 0.05) is 13.0 Å². The van der Waals surface area contributed by atoms with Crippen LogP contribution in [0.5, 0.6) is 0 Å². The van der Waals surface area contributed by atoms with E-state index in [4.69, 9.17) is 0 Å². The first-order valence-corrected chi connectivity index (χ1v) is 7.31. The highest BCUT2D eigenvalue weighted by Gasteiger charge is 2.34. The highest BCUT2D eigenvalue weighted by molar-refractivity contribution is 6.01. The van der Waals surface area contributed by atoms with Crippen molar-refractivity contribution in [1.29, 1.82) is 0 Å². The lowest BCUT2D eigenvalue weighted by Gasteiger charge is -2.27. The minimum absolute atomic E-state index is 0.00978. The summed E-state index contributed by atoms with van der Waals surface area (Å²) < 4.78 is 14.1. The maximum atomic E-state index is 14.1. The van der Waals surface area contributed by atoms with Crippen molar-refractivity contribution in [1.82, 2.24) is 5.32 Å². The third-order valence-corrected chi connectivity index (χ3v) is 4.02. The summed E-state index contributed by atoms with van der Waals surface area (Å²) in [6.45, 7) is 5.88. The average Bonchev–Trinajstić information content (AvgIpc) is 2.59. The summed E-state index contributed by atoms with van der Waals surface area (Å²) in [6, 6.07) is 4.18. The topological polar surface area (TPSA) is 49.4 Å². The van der Waals surface area contributed by atoms with Crippen LogP contribution in [-0.4, -0.2) is 24.4 Å². The molecule has 1 aromatic carbocycles. The van der Waals surface area contributed by atoms with E-state index < -0.39 is 11.9 Å². The Bertz CT molecular complexity index is 559. The van der Waals surface area contributed by atoms with E-state index in [0.717, 1.165) is 12.0 Å². The number of halogens is 1. The fourth-order valence-electron chi connectivity index (χ4n) is 2.49. The van der Waals surface area contributed by atoms with E-state index >= 15 is 0 Å². The van der Waals surface area contributed by atoms with Crippen molar-refractivity contribution in [2.24, 2.45) is 5.92 Å². The van der Waals surface area contributed by atoms with Crippen molar-refractivity contribution >= 4 is 17.5 Å². The predicted octanol–water partition coefficient (Wildman–Crippen LogP) is 2.40. The van der Waals surface area contributed by atoms with Gasteiger partial charge in [0.25, 0.3) is 0 Å². The maximum Gasteiger partial charge on any atom is 0.249 e. The molecular formula is C16H21FN2O2. The molecule has 21 heavy (non-hydrogen) atoms. The van der Waals surface area contributed by atoms with E-state index in [9.17, 15) is 14.0 Å². The first-order valence-electron chi connectivity index (χ1n) is 7.31. The Morgan fingerprint density at radius 3 is 2.76 bits per heavy atom. The third kappa shape index (κ3) is 3.23. The number of nitrogens with zero attached hydrogens (tertiary/aromatic N) is 1. The Labute approximate surface area is 124 Å². The maximum absolute atomic E-state index is 14.1. The van der Waals surface area contributed by atoms with Crippen molar-refractivity contribution in [3.05, 3.63) is 29.6 Å². The van der Waals surface area contributed by atoms with Crippen molar-refractivity contribution in [3.8, 4) is 0 Å². The summed E-state index contributed by atoms with van der Waals surface area (Å²) in [7, 11) is 0. The number of amides is 2. The molecule has 1 fully saturated rings. The molecule has 0 radical (unpaired) electrons. The number of benzene rings is 1. The molecular weight excluding hydrogens is 271 g/mol. The number of carbonyl (C=O) groups excluding carboxylic acids is 2. The van der Waals surface area contributed by atoms with Crippen LogP contribution in [0.1, 0.15) is 32.3 Å². The van der Waals surface area contributed by atoms with Gasteiger partial charge in [-0.2, -0.15) is 0 Å². The summed E-state index contributed by atoms with van der Waals surface area (Å²) in [6.07, 6.45) is 0.951. The van der Waals surface area contributed by atoms with Crippen LogP contribution in [0.15, 0.2) is 18.2 Å². The molecule has 5 heteroatoms. The monoisotopic (exact) mass is 292 g/mol. The Morgan fingerprint density at radius 2 is 2.14 bits per heavy atom. The van der Waals surface area contributed by atoms with Gasteiger partial charge >= 0.3 is 0 Å². The first kappa shape index (κ1) is 15.5. The van der Waals surface area contributed by atoms with E-state index in [2.05, 4.69) is 5.32 Å². The van der Waals surface area contributed by atoms with E-state index in [0.29, 0.717) is 0 Å². The molecule has 1 N–H and O–H groups in total. The van der Waals surface area contributed by atoms with Crippen LogP contribution < -0.4 is 10.2 Å². The zero-order valence-corrected chi connectivity index (χ0v) is 12.6. The summed E-state index contributed by atoms with van der Waals surface area (Å²) in [5, 5.41) is 2.76. The second kappa shape index (κ2) is 6.24. The van der Waals surface area contributed by atoms with Crippen molar-refractivity contribution in [3.63, 3.8) is 0 Å². The Hall–Kier alpha value is -1.91. The third-order valence-electron chi connectivity index (χ3n) is 4.02. The highest BCUT2D eigenvalue weighted by Crippen LogP contribution is 2.24. The van der Waals surface area contributed by atoms with E-state index in [1.807, 2.05) is 13.8 Å². The van der Waals surface area contributed by atoms with Gasteiger partial charge in [-0.3, -0.25) is 9.59 Å². The van der Waals surface area contributed by atoms with Crippen molar-refractivity contribution < 1.29 is 14.0 Å². The summed E-state index contributed by atoms with van der Waals surface area (Å²) >= 11 is 0. The molecule has 0 saturated carbocycles. The Kier molecular flexibility index (Phi) is 4.60. The van der Waals surface area contributed by atoms with Crippen LogP contribution in [0.25, 0.3) is 0 Å². The number of carbonyl (C=O) groups is 2. The standard InChI is InChI=1S/C16H21FN2O2/c1-4-11(3)15-16(21)19(8-7-14(20)18-15)13-6-5-10(2)9-12(13)17/h5-6,9,11,15H,4,7-8H2,1-3H3,(H,18,20). The van der Waals surface area contributed by atoms with Gasteiger partial charge in [-0.05, 0) is 30.5 Å². The molecule has 114 valence electrons. The molecule has 0 aliphatic carbocycles. The molecule has 0 bridgehead atoms. The summed E-state index contributed by atoms with van der Waals surface area (Å²) in [4.78, 5) is 25.9. The molecule has 1 heterocycles. The smallest absolute Gasteiger partial charge is 0.249 e. The van der Waals surface area contributed by atoms with Gasteiger partial charge in [-0.15, -0.1) is 0 Å². The molecule has 2 atom stereocenters. The summed E-state index contributed by atoms with van der Waals surface area (Å²) in [5.41, 5.74) is 1.04. The molecule has 0 aromatic heterocycles. The first-order chi connectivity index (χ1) is 9.93. The van der Waals surface area contributed by atoms with Crippen LogP contribution in [0, 0.1) is 18.7 Å². The van der Waals surface area contributed by atoms with Crippen LogP contribution >= 0.6 is 0 Å². The van der Waals surface area contributed by atoms with Gasteiger partial charge in [0.15, 0.2) is 0 Å². The molecule has 0 spiro atoms. The van der Waals surface area contributed by atoms with Gasteiger partial charge in [0.1, 0.15) is 11.9 Å². The second-order valence-electron chi connectivity index (χ2n) is 5.63. The van der Waals surface area contributed by atoms with E-state index in [1.54, 1.807) is 19.1 Å². The fourth-order valence-corrected chi connectivity index (χ4v) is 2.49. The molecule has 2 amide bonds. The van der Waals surface area contributed by atoms with Crippen LogP contribution in [0.3, 0.4) is 0 Å². The SMILES string of the molecule is CCC(C)C1NC(=O)CCN(c2ccc(C)cc2F)C1=O. The zero-order valence-electron chi connectivity index (χ0n) is 12.6. The minimum Gasteiger partial charge on any atom is -0.344 e. The highest BCUT2D eigenvalue weighted by atomic mass is 19.1. The number of rotatable bonds is 3. The lowest BCUT2D eigenvalue weighted by atomic mass is 9.98. The van der Waals surface area contributed by atoms with Crippen LogP contribution in [0.2, 0.25) is 0 Å². The Morgan fingerprint density at radius 1 is 1.43 bits per heavy atom. The average molecular weight is 292 g/mol. The Balaban J connectivity index is 2.37. The molecule has 1 aromatic rings. The van der Waals surface area contributed by atoms with Crippen LogP contribution in [0.4, 0.5) is 10.1 Å². The number of hydrogen-bond donors (Lipinski definition) is 1. The van der Waals surface area contributed by atoms with Gasteiger partial charge in [0.05, 0.1) is 5.69 Å². The normalized spacial score (nSPS) is 21.0. The lowest BCUT2D eigenvalue weighted by molar-refractivity contribution is -0.126. The van der Waals surface area contributed by atoms with E-state index in [1.165, 1.54) is 11.0 Å². The molecule has 1 aliphatic rings. The predicted molar refractivity (Wildman–Crippen MR) is 79.5 cm³/mol. The number of hydrogen-bond acceptors (Lipinski definition) is 2. The fraction of sp³-hybridized carbons (Fsp3) is 0.500. The van der Waals surface area contributed by atoms with Gasteiger partial charge in [-0.25, -0.2) is 4.39 Å². The zero-order chi connectivity index (χ0) is 15.6. The van der Waals surface area contributed by atoms with Crippen molar-refractivity contribution in [2.45, 2.75) is 39.7 Å². The van der Waals surface area contributed by atoms with Gasteiger partial charge in [-0.1, -0.05) is 26.3 Å². The number of anilines is 1. The molecule has 2 rings (SSSR count).